The van der Waals surface area contributed by atoms with Gasteiger partial charge in [-0.25, -0.2) is 0 Å². The van der Waals surface area contributed by atoms with Gasteiger partial charge in [-0.1, -0.05) is 36.4 Å². The number of hydrogen-bond acceptors (Lipinski definition) is 1. The summed E-state index contributed by atoms with van der Waals surface area (Å²) in [5.74, 6) is 0. The van der Waals surface area contributed by atoms with E-state index in [9.17, 15) is 0 Å². The SMILES string of the molecule is CN(C)c1ccc(-c2c3ccccc3[n+](C)c3ccccc23)cc1. The van der Waals surface area contributed by atoms with Crippen LogP contribution in [0.25, 0.3) is 32.9 Å². The number of hydrogen-bond donors (Lipinski definition) is 0. The molecule has 0 fully saturated rings. The first-order valence-corrected chi connectivity index (χ1v) is 8.24. The molecule has 0 saturated heterocycles. The van der Waals surface area contributed by atoms with E-state index in [2.05, 4.69) is 103 Å². The molecule has 1 aromatic heterocycles. The summed E-state index contributed by atoms with van der Waals surface area (Å²) in [5.41, 5.74) is 6.29. The summed E-state index contributed by atoms with van der Waals surface area (Å²) >= 11 is 0. The largest absolute Gasteiger partial charge is 0.378 e. The maximum absolute atomic E-state index is 2.28. The Bertz CT molecular complexity index is 974. The Morgan fingerprint density at radius 3 is 1.67 bits per heavy atom. The molecule has 2 heteroatoms. The third kappa shape index (κ3) is 2.23. The number of anilines is 1. The molecular weight excluding hydrogens is 292 g/mol. The summed E-state index contributed by atoms with van der Waals surface area (Å²) < 4.78 is 2.28. The zero-order valence-electron chi connectivity index (χ0n) is 14.3. The molecule has 4 aromatic rings. The molecule has 0 radical (unpaired) electrons. The van der Waals surface area contributed by atoms with Crippen molar-refractivity contribution in [2.24, 2.45) is 7.05 Å². The van der Waals surface area contributed by atoms with E-state index in [4.69, 9.17) is 0 Å². The summed E-state index contributed by atoms with van der Waals surface area (Å²) in [6.45, 7) is 0. The lowest BCUT2D eigenvalue weighted by Gasteiger charge is -2.14. The number of benzene rings is 3. The number of pyridine rings is 1. The first-order valence-electron chi connectivity index (χ1n) is 8.24. The monoisotopic (exact) mass is 313 g/mol. The predicted octanol–water partition coefficient (Wildman–Crippen LogP) is 4.55. The molecule has 118 valence electrons. The van der Waals surface area contributed by atoms with E-state index in [0.717, 1.165) is 0 Å². The number of rotatable bonds is 2. The Kier molecular flexibility index (Phi) is 3.46. The molecule has 0 saturated carbocycles. The molecule has 24 heavy (non-hydrogen) atoms. The summed E-state index contributed by atoms with van der Waals surface area (Å²) in [5, 5.41) is 2.58. The standard InChI is InChI=1S/C22H21N2/c1-23(2)17-14-12-16(13-15-17)22-18-8-4-6-10-20(18)24(3)21-11-7-5-9-19(21)22/h4-15H,1-3H3/q+1. The maximum atomic E-state index is 2.28. The van der Waals surface area contributed by atoms with E-state index in [1.165, 1.54) is 38.6 Å². The fourth-order valence-electron chi connectivity index (χ4n) is 3.47. The van der Waals surface area contributed by atoms with Gasteiger partial charge < -0.3 is 4.90 Å². The van der Waals surface area contributed by atoms with Gasteiger partial charge in [-0.15, -0.1) is 0 Å². The third-order valence-corrected chi connectivity index (χ3v) is 4.74. The average molecular weight is 313 g/mol. The summed E-state index contributed by atoms with van der Waals surface area (Å²) in [4.78, 5) is 2.13. The second-order valence-corrected chi connectivity index (χ2v) is 6.41. The lowest BCUT2D eigenvalue weighted by atomic mass is 9.95. The van der Waals surface area contributed by atoms with Crippen molar-refractivity contribution in [3.8, 4) is 11.1 Å². The zero-order chi connectivity index (χ0) is 16.7. The summed E-state index contributed by atoms with van der Waals surface area (Å²) in [6.07, 6.45) is 0. The quantitative estimate of drug-likeness (QED) is 0.389. The molecule has 3 aromatic carbocycles. The fourth-order valence-corrected chi connectivity index (χ4v) is 3.47. The van der Waals surface area contributed by atoms with Crippen molar-refractivity contribution in [3.63, 3.8) is 0 Å². The van der Waals surface area contributed by atoms with E-state index >= 15 is 0 Å². The number of fused-ring (bicyclic) bond motifs is 2. The predicted molar refractivity (Wildman–Crippen MR) is 102 cm³/mol. The summed E-state index contributed by atoms with van der Waals surface area (Å²) in [6, 6.07) is 26.1. The van der Waals surface area contributed by atoms with Gasteiger partial charge in [-0.2, -0.15) is 4.57 Å². The molecule has 0 aliphatic rings. The molecule has 1 heterocycles. The highest BCUT2D eigenvalue weighted by Gasteiger charge is 2.18. The molecule has 0 aliphatic carbocycles. The van der Waals surface area contributed by atoms with Crippen molar-refractivity contribution in [2.45, 2.75) is 0 Å². The van der Waals surface area contributed by atoms with Crippen LogP contribution >= 0.6 is 0 Å². The molecular formula is C22H21N2+. The molecule has 0 N–H and O–H groups in total. The molecule has 4 rings (SSSR count). The Morgan fingerprint density at radius 2 is 1.17 bits per heavy atom. The van der Waals surface area contributed by atoms with Crippen molar-refractivity contribution >= 4 is 27.5 Å². The number of para-hydroxylation sites is 2. The van der Waals surface area contributed by atoms with E-state index in [-0.39, 0.29) is 0 Å². The van der Waals surface area contributed by atoms with E-state index in [1.54, 1.807) is 0 Å². The number of aromatic nitrogens is 1. The van der Waals surface area contributed by atoms with Gasteiger partial charge in [-0.3, -0.25) is 0 Å². The molecule has 2 nitrogen and oxygen atoms in total. The molecule has 0 aliphatic heterocycles. The van der Waals surface area contributed by atoms with Gasteiger partial charge in [-0.05, 0) is 29.8 Å². The minimum atomic E-state index is 1.22. The highest BCUT2D eigenvalue weighted by molar-refractivity contribution is 6.07. The second-order valence-electron chi connectivity index (χ2n) is 6.41. The first kappa shape index (κ1) is 14.7. The van der Waals surface area contributed by atoms with Gasteiger partial charge in [0.2, 0.25) is 11.0 Å². The number of aryl methyl sites for hydroxylation is 1. The van der Waals surface area contributed by atoms with Gasteiger partial charge >= 0.3 is 0 Å². The highest BCUT2D eigenvalue weighted by atomic mass is 15.1. The van der Waals surface area contributed by atoms with E-state index in [1.807, 2.05) is 0 Å². The van der Waals surface area contributed by atoms with Crippen molar-refractivity contribution in [1.29, 1.82) is 0 Å². The maximum Gasteiger partial charge on any atom is 0.213 e. The fraction of sp³-hybridized carbons (Fsp3) is 0.136. The van der Waals surface area contributed by atoms with Crippen LogP contribution in [0, 0.1) is 0 Å². The van der Waals surface area contributed by atoms with Gasteiger partial charge in [0.15, 0.2) is 0 Å². The van der Waals surface area contributed by atoms with Crippen LogP contribution < -0.4 is 9.47 Å². The first-order chi connectivity index (χ1) is 11.7. The number of nitrogens with zero attached hydrogens (tertiary/aromatic N) is 2. The van der Waals surface area contributed by atoms with Gasteiger partial charge in [0, 0.05) is 37.5 Å². The lowest BCUT2D eigenvalue weighted by Crippen LogP contribution is -2.30. The van der Waals surface area contributed by atoms with Crippen LogP contribution in [-0.4, -0.2) is 14.1 Å². The Hall–Kier alpha value is -2.87. The second kappa shape index (κ2) is 5.64. The van der Waals surface area contributed by atoms with Crippen molar-refractivity contribution < 1.29 is 4.57 Å². The van der Waals surface area contributed by atoms with Crippen LogP contribution in [0.4, 0.5) is 5.69 Å². The highest BCUT2D eigenvalue weighted by Crippen LogP contribution is 2.34. The third-order valence-electron chi connectivity index (χ3n) is 4.74. The van der Waals surface area contributed by atoms with Crippen LogP contribution in [0.1, 0.15) is 0 Å². The molecule has 0 unspecified atom stereocenters. The smallest absolute Gasteiger partial charge is 0.213 e. The van der Waals surface area contributed by atoms with Gasteiger partial charge in [0.1, 0.15) is 7.05 Å². The van der Waals surface area contributed by atoms with Crippen LogP contribution in [0.2, 0.25) is 0 Å². The lowest BCUT2D eigenvalue weighted by molar-refractivity contribution is -0.617. The van der Waals surface area contributed by atoms with Crippen molar-refractivity contribution in [3.05, 3.63) is 72.8 Å². The van der Waals surface area contributed by atoms with Crippen molar-refractivity contribution in [2.75, 3.05) is 19.0 Å². The van der Waals surface area contributed by atoms with Crippen LogP contribution in [0.3, 0.4) is 0 Å². The van der Waals surface area contributed by atoms with Crippen LogP contribution in [-0.2, 0) is 7.05 Å². The van der Waals surface area contributed by atoms with Gasteiger partial charge in [0.25, 0.3) is 0 Å². The molecule has 0 amide bonds. The molecule has 0 atom stereocenters. The molecule has 0 bridgehead atoms. The Morgan fingerprint density at radius 1 is 0.667 bits per heavy atom. The van der Waals surface area contributed by atoms with Crippen LogP contribution in [0.15, 0.2) is 72.8 Å². The molecule has 0 spiro atoms. The minimum absolute atomic E-state index is 1.22. The average Bonchev–Trinajstić information content (AvgIpc) is 2.62. The normalized spacial score (nSPS) is 11.1. The minimum Gasteiger partial charge on any atom is -0.378 e. The Balaban J connectivity index is 2.10. The van der Waals surface area contributed by atoms with E-state index in [0.29, 0.717) is 0 Å². The zero-order valence-corrected chi connectivity index (χ0v) is 14.3. The summed E-state index contributed by atoms with van der Waals surface area (Å²) in [7, 11) is 6.29. The van der Waals surface area contributed by atoms with Crippen LogP contribution in [0.5, 0.6) is 0 Å². The van der Waals surface area contributed by atoms with E-state index < -0.39 is 0 Å². The van der Waals surface area contributed by atoms with Crippen molar-refractivity contribution in [1.82, 2.24) is 0 Å². The topological polar surface area (TPSA) is 7.12 Å². The Labute approximate surface area is 142 Å². The van der Waals surface area contributed by atoms with Gasteiger partial charge in [0.05, 0.1) is 10.8 Å².